The van der Waals surface area contributed by atoms with Crippen LogP contribution < -0.4 is 10.5 Å². The SMILES string of the molecule is Cc1cc(C)c(C2=C[NH+](c3c(C)cc(C)cc3C)NN2C(C)C)c(C)c1.O=S(=O)([O-])C(F)(F)F. The van der Waals surface area contributed by atoms with Gasteiger partial charge in [-0.2, -0.15) is 18.2 Å². The van der Waals surface area contributed by atoms with Crippen molar-refractivity contribution in [2.45, 2.75) is 66.9 Å². The van der Waals surface area contributed by atoms with Gasteiger partial charge in [-0.3, -0.25) is 5.01 Å². The molecular formula is C24H32F3N3O3S. The first-order chi connectivity index (χ1) is 15.4. The van der Waals surface area contributed by atoms with Gasteiger partial charge in [-0.1, -0.05) is 40.9 Å². The monoisotopic (exact) mass is 499 g/mol. The number of alkyl halides is 3. The van der Waals surface area contributed by atoms with Gasteiger partial charge in [-0.15, -0.1) is 0 Å². The molecule has 3 rings (SSSR count). The summed E-state index contributed by atoms with van der Waals surface area (Å²) >= 11 is 0. The van der Waals surface area contributed by atoms with Gasteiger partial charge in [0.05, 0.1) is 0 Å². The number of halogens is 3. The predicted molar refractivity (Wildman–Crippen MR) is 126 cm³/mol. The second-order valence-corrected chi connectivity index (χ2v) is 10.3. The van der Waals surface area contributed by atoms with Crippen LogP contribution in [0.1, 0.15) is 52.8 Å². The second kappa shape index (κ2) is 10.1. The fraction of sp³-hybridized carbons (Fsp3) is 0.417. The summed E-state index contributed by atoms with van der Waals surface area (Å²) in [7, 11) is -6.09. The lowest BCUT2D eigenvalue weighted by molar-refractivity contribution is -0.836. The summed E-state index contributed by atoms with van der Waals surface area (Å²) in [5, 5.41) is 3.50. The Labute approximate surface area is 199 Å². The van der Waals surface area contributed by atoms with Crippen LogP contribution in [0.3, 0.4) is 0 Å². The first kappa shape index (κ1) is 27.8. The van der Waals surface area contributed by atoms with E-state index < -0.39 is 15.6 Å². The van der Waals surface area contributed by atoms with Crippen molar-refractivity contribution in [3.8, 4) is 0 Å². The highest BCUT2D eigenvalue weighted by atomic mass is 32.2. The summed E-state index contributed by atoms with van der Waals surface area (Å²) in [5.41, 5.74) is 9.91. The molecule has 0 spiro atoms. The van der Waals surface area contributed by atoms with Crippen molar-refractivity contribution in [2.75, 3.05) is 0 Å². The number of benzene rings is 2. The molecule has 188 valence electrons. The Bertz CT molecular complexity index is 1160. The van der Waals surface area contributed by atoms with Gasteiger partial charge in [0.1, 0.15) is 11.9 Å². The third-order valence-electron chi connectivity index (χ3n) is 5.46. The van der Waals surface area contributed by atoms with Gasteiger partial charge in [-0.05, 0) is 66.5 Å². The first-order valence-corrected chi connectivity index (χ1v) is 12.2. The third kappa shape index (κ3) is 6.18. The number of nitrogens with one attached hydrogen (secondary N) is 2. The van der Waals surface area contributed by atoms with Crippen molar-refractivity contribution in [2.24, 2.45) is 0 Å². The molecule has 0 aliphatic carbocycles. The molecular weight excluding hydrogens is 467 g/mol. The molecule has 1 unspecified atom stereocenters. The van der Waals surface area contributed by atoms with Crippen molar-refractivity contribution < 1.29 is 31.2 Å². The van der Waals surface area contributed by atoms with Crippen molar-refractivity contribution >= 4 is 21.5 Å². The van der Waals surface area contributed by atoms with Crippen LogP contribution in [0.25, 0.3) is 5.70 Å². The minimum atomic E-state index is -6.09. The van der Waals surface area contributed by atoms with Crippen LogP contribution in [0.4, 0.5) is 18.9 Å². The number of hydrogen-bond acceptors (Lipinski definition) is 5. The minimum absolute atomic E-state index is 0.366. The molecule has 2 N–H and O–H groups in total. The van der Waals surface area contributed by atoms with Crippen LogP contribution in [0, 0.1) is 41.5 Å². The van der Waals surface area contributed by atoms with Gasteiger partial charge in [-0.25, -0.2) is 8.42 Å². The van der Waals surface area contributed by atoms with E-state index in [1.165, 1.54) is 55.3 Å². The zero-order chi connectivity index (χ0) is 26.2. The molecule has 0 fully saturated rings. The van der Waals surface area contributed by atoms with Gasteiger partial charge < -0.3 is 4.55 Å². The standard InChI is InChI=1S/C23H31N3.CHF3O3S/c1-14(2)26-21(22-17(5)9-15(3)10-18(22)6)13-25(24-26)23-19(7)11-16(4)12-20(23)8;2-1(3,4)8(5,6)7/h9-14,24H,1-8H3;(H,5,6,7). The minimum Gasteiger partial charge on any atom is -0.741 e. The maximum absolute atomic E-state index is 10.7. The quantitative estimate of drug-likeness (QED) is 0.488. The summed E-state index contributed by atoms with van der Waals surface area (Å²) < 4.78 is 58.9. The highest BCUT2D eigenvalue weighted by Crippen LogP contribution is 2.29. The zero-order valence-electron chi connectivity index (χ0n) is 20.7. The summed E-state index contributed by atoms with van der Waals surface area (Å²) in [6.07, 6.45) is 2.33. The van der Waals surface area contributed by atoms with Crippen molar-refractivity contribution in [3.63, 3.8) is 0 Å². The van der Waals surface area contributed by atoms with Gasteiger partial charge in [0.25, 0.3) is 0 Å². The lowest BCUT2D eigenvalue weighted by Gasteiger charge is -2.26. The van der Waals surface area contributed by atoms with E-state index in [0.717, 1.165) is 0 Å². The summed E-state index contributed by atoms with van der Waals surface area (Å²) in [4.78, 5) is 0. The molecule has 1 heterocycles. The number of quaternary nitrogens is 1. The summed E-state index contributed by atoms with van der Waals surface area (Å²) in [6.45, 7) is 17.6. The molecule has 1 atom stereocenters. The average Bonchev–Trinajstić information content (AvgIpc) is 3.03. The van der Waals surface area contributed by atoms with Gasteiger partial charge in [0.15, 0.2) is 15.8 Å². The van der Waals surface area contributed by atoms with Gasteiger partial charge in [0, 0.05) is 22.7 Å². The average molecular weight is 500 g/mol. The number of nitrogens with zero attached hydrogens (tertiary/aromatic N) is 1. The van der Waals surface area contributed by atoms with E-state index in [9.17, 15) is 13.2 Å². The summed E-state index contributed by atoms with van der Waals surface area (Å²) in [5.74, 6) is 0. The molecule has 0 saturated carbocycles. The second-order valence-electron chi connectivity index (χ2n) is 8.97. The Balaban J connectivity index is 0.000000440. The fourth-order valence-electron chi connectivity index (χ4n) is 4.35. The van der Waals surface area contributed by atoms with Crippen molar-refractivity contribution in [1.82, 2.24) is 10.5 Å². The Hall–Kier alpha value is -2.40. The largest absolute Gasteiger partial charge is 0.741 e. The smallest absolute Gasteiger partial charge is 0.485 e. The molecule has 2 aromatic rings. The number of hydrogen-bond donors (Lipinski definition) is 2. The molecule has 2 aromatic carbocycles. The van der Waals surface area contributed by atoms with Crippen LogP contribution in [0.2, 0.25) is 0 Å². The van der Waals surface area contributed by atoms with E-state index in [0.29, 0.717) is 6.04 Å². The van der Waals surface area contributed by atoms with Crippen LogP contribution in [-0.4, -0.2) is 29.5 Å². The van der Waals surface area contributed by atoms with E-state index >= 15 is 0 Å². The van der Waals surface area contributed by atoms with E-state index in [2.05, 4.69) is 96.4 Å². The van der Waals surface area contributed by atoms with Crippen LogP contribution in [-0.2, 0) is 10.1 Å². The Morgan fingerprint density at radius 1 is 0.882 bits per heavy atom. The number of hydrazine groups is 1. The third-order valence-corrected chi connectivity index (χ3v) is 6.03. The lowest BCUT2D eigenvalue weighted by atomic mass is 9.97. The molecule has 1 aliphatic rings. The molecule has 10 heteroatoms. The van der Waals surface area contributed by atoms with Crippen LogP contribution >= 0.6 is 0 Å². The number of rotatable bonds is 3. The fourth-order valence-corrected chi connectivity index (χ4v) is 4.35. The lowest BCUT2D eigenvalue weighted by Crippen LogP contribution is -3.09. The molecule has 0 aromatic heterocycles. The van der Waals surface area contributed by atoms with Gasteiger partial charge >= 0.3 is 5.51 Å². The Morgan fingerprint density at radius 3 is 1.62 bits per heavy atom. The molecule has 0 amide bonds. The topological polar surface area (TPSA) is 76.9 Å². The van der Waals surface area contributed by atoms with E-state index in [1.807, 2.05) is 0 Å². The molecule has 0 radical (unpaired) electrons. The molecule has 34 heavy (non-hydrogen) atoms. The highest BCUT2D eigenvalue weighted by molar-refractivity contribution is 7.86. The normalized spacial score (nSPS) is 16.4. The van der Waals surface area contributed by atoms with Crippen molar-refractivity contribution in [3.05, 3.63) is 69.4 Å². The molecule has 0 bridgehead atoms. The Morgan fingerprint density at radius 2 is 1.26 bits per heavy atom. The Kier molecular flexibility index (Phi) is 8.25. The first-order valence-electron chi connectivity index (χ1n) is 10.8. The van der Waals surface area contributed by atoms with E-state index in [1.54, 1.807) is 0 Å². The molecule has 6 nitrogen and oxygen atoms in total. The zero-order valence-corrected chi connectivity index (χ0v) is 21.5. The highest BCUT2D eigenvalue weighted by Gasteiger charge is 2.37. The van der Waals surface area contributed by atoms with E-state index in [4.69, 9.17) is 13.0 Å². The predicted octanol–water partition coefficient (Wildman–Crippen LogP) is 4.25. The van der Waals surface area contributed by atoms with E-state index in [-0.39, 0.29) is 0 Å². The van der Waals surface area contributed by atoms with Crippen LogP contribution in [0.15, 0.2) is 30.5 Å². The van der Waals surface area contributed by atoms with Crippen LogP contribution in [0.5, 0.6) is 0 Å². The maximum Gasteiger partial charge on any atom is 0.485 e. The van der Waals surface area contributed by atoms with Gasteiger partial charge in [0.2, 0.25) is 0 Å². The van der Waals surface area contributed by atoms with Crippen molar-refractivity contribution in [1.29, 1.82) is 0 Å². The molecule has 0 saturated heterocycles. The summed E-state index contributed by atoms with van der Waals surface area (Å²) in [6, 6.07) is 9.46. The molecule has 1 aliphatic heterocycles. The maximum atomic E-state index is 10.7. The number of aryl methyl sites for hydroxylation is 6.